The Bertz CT molecular complexity index is 809. The lowest BCUT2D eigenvalue weighted by Gasteiger charge is -2.34. The fourth-order valence-corrected chi connectivity index (χ4v) is 3.73. The fourth-order valence-electron chi connectivity index (χ4n) is 2.53. The van der Waals surface area contributed by atoms with Crippen LogP contribution in [0.2, 0.25) is 0 Å². The van der Waals surface area contributed by atoms with Gasteiger partial charge in [-0.2, -0.15) is 13.2 Å². The number of nitrogens with zero attached hydrogens (tertiary/aromatic N) is 3. The van der Waals surface area contributed by atoms with Gasteiger partial charge in [-0.1, -0.05) is 6.92 Å². The number of halogens is 4. The Morgan fingerprint density at radius 3 is 2.80 bits per heavy atom. The highest BCUT2D eigenvalue weighted by Crippen LogP contribution is 2.38. The molecule has 2 aliphatic heterocycles. The molecule has 0 bridgehead atoms. The molecule has 5 nitrogen and oxygen atoms in total. The quantitative estimate of drug-likeness (QED) is 0.389. The van der Waals surface area contributed by atoms with Gasteiger partial charge in [-0.15, -0.1) is 11.8 Å². The van der Waals surface area contributed by atoms with E-state index >= 15 is 0 Å². The molecule has 25 heavy (non-hydrogen) atoms. The van der Waals surface area contributed by atoms with Crippen LogP contribution in [0.5, 0.6) is 5.75 Å². The molecule has 1 aromatic rings. The highest BCUT2D eigenvalue weighted by molar-refractivity contribution is 14.1. The van der Waals surface area contributed by atoms with Crippen LogP contribution >= 0.6 is 34.4 Å². The minimum Gasteiger partial charge on any atom is -0.505 e. The van der Waals surface area contributed by atoms with E-state index in [1.165, 1.54) is 11.8 Å². The van der Waals surface area contributed by atoms with Gasteiger partial charge in [0.2, 0.25) is 0 Å². The molecule has 0 aromatic carbocycles. The van der Waals surface area contributed by atoms with Crippen LogP contribution in [0.25, 0.3) is 5.70 Å². The van der Waals surface area contributed by atoms with Crippen molar-refractivity contribution >= 4 is 46.4 Å². The van der Waals surface area contributed by atoms with Crippen molar-refractivity contribution in [3.63, 3.8) is 0 Å². The SMILES string of the molecule is CCSc1cc(O)c(I)nc1C1=CN2C=NC(C(F)(F)F)=CC2(C)N1. The molecule has 1 unspecified atom stereocenters. The number of aromatic hydroxyl groups is 1. The van der Waals surface area contributed by atoms with Crippen molar-refractivity contribution in [1.82, 2.24) is 15.2 Å². The standard InChI is InChI=1S/C15H14F3IN4OS/c1-3-25-10-4-9(24)13(19)21-12(10)8-6-23-7-20-11(15(16,17)18)5-14(23,2)22-8/h4-7,22,24H,3H2,1-2H3. The minimum absolute atomic E-state index is 0.0728. The van der Waals surface area contributed by atoms with Gasteiger partial charge in [-0.25, -0.2) is 9.98 Å². The van der Waals surface area contributed by atoms with Crippen molar-refractivity contribution in [2.24, 2.45) is 4.99 Å². The van der Waals surface area contributed by atoms with Crippen LogP contribution in [0.3, 0.4) is 0 Å². The van der Waals surface area contributed by atoms with E-state index in [0.29, 0.717) is 15.1 Å². The van der Waals surface area contributed by atoms with Crippen LogP contribution in [0.15, 0.2) is 33.9 Å². The predicted octanol–water partition coefficient (Wildman–Crippen LogP) is 3.91. The van der Waals surface area contributed by atoms with E-state index in [-0.39, 0.29) is 5.75 Å². The third kappa shape index (κ3) is 3.46. The highest BCUT2D eigenvalue weighted by Gasteiger charge is 2.43. The summed E-state index contributed by atoms with van der Waals surface area (Å²) in [5, 5.41) is 13.0. The maximum atomic E-state index is 13.0. The monoisotopic (exact) mass is 482 g/mol. The Morgan fingerprint density at radius 2 is 2.16 bits per heavy atom. The lowest BCUT2D eigenvalue weighted by Crippen LogP contribution is -2.49. The summed E-state index contributed by atoms with van der Waals surface area (Å²) in [4.78, 5) is 10.2. The lowest BCUT2D eigenvalue weighted by atomic mass is 10.1. The van der Waals surface area contributed by atoms with E-state index < -0.39 is 17.5 Å². The summed E-state index contributed by atoms with van der Waals surface area (Å²) in [6, 6.07) is 1.62. The third-order valence-corrected chi connectivity index (χ3v) is 5.40. The lowest BCUT2D eigenvalue weighted by molar-refractivity contribution is -0.0937. The van der Waals surface area contributed by atoms with Crippen LogP contribution < -0.4 is 5.32 Å². The molecule has 0 radical (unpaired) electrons. The third-order valence-electron chi connectivity index (χ3n) is 3.70. The van der Waals surface area contributed by atoms with Crippen molar-refractivity contribution in [3.8, 4) is 5.75 Å². The summed E-state index contributed by atoms with van der Waals surface area (Å²) in [5.41, 5.74) is -0.867. The van der Waals surface area contributed by atoms with Gasteiger partial charge >= 0.3 is 6.18 Å². The molecule has 10 heteroatoms. The van der Waals surface area contributed by atoms with Crippen LogP contribution in [0.4, 0.5) is 13.2 Å². The van der Waals surface area contributed by atoms with Gasteiger partial charge in [0.25, 0.3) is 0 Å². The smallest absolute Gasteiger partial charge is 0.433 e. The van der Waals surface area contributed by atoms with Gasteiger partial charge < -0.3 is 15.3 Å². The second-order valence-corrected chi connectivity index (χ2v) is 7.90. The van der Waals surface area contributed by atoms with Crippen molar-refractivity contribution < 1.29 is 18.3 Å². The highest BCUT2D eigenvalue weighted by atomic mass is 127. The van der Waals surface area contributed by atoms with E-state index in [1.807, 2.05) is 29.5 Å². The maximum Gasteiger partial charge on any atom is 0.433 e. The van der Waals surface area contributed by atoms with Crippen molar-refractivity contribution in [1.29, 1.82) is 0 Å². The van der Waals surface area contributed by atoms with E-state index in [4.69, 9.17) is 0 Å². The van der Waals surface area contributed by atoms with Gasteiger partial charge in [0.05, 0.1) is 12.0 Å². The second kappa shape index (κ2) is 6.38. The van der Waals surface area contributed by atoms with Crippen LogP contribution in [-0.4, -0.2) is 38.9 Å². The van der Waals surface area contributed by atoms with Crippen molar-refractivity contribution in [2.45, 2.75) is 30.6 Å². The fraction of sp³-hybridized carbons (Fsp3) is 0.333. The average molecular weight is 482 g/mol. The van der Waals surface area contributed by atoms with Gasteiger partial charge in [-0.3, -0.25) is 0 Å². The van der Waals surface area contributed by atoms with Gasteiger partial charge in [0, 0.05) is 11.1 Å². The first-order valence-corrected chi connectivity index (χ1v) is 9.36. The molecule has 3 heterocycles. The minimum atomic E-state index is -4.51. The Labute approximate surface area is 160 Å². The van der Waals surface area contributed by atoms with Crippen molar-refractivity contribution in [2.75, 3.05) is 5.75 Å². The number of rotatable bonds is 3. The molecule has 2 aliphatic rings. The molecule has 0 spiro atoms. The van der Waals surface area contributed by atoms with Crippen LogP contribution in [-0.2, 0) is 0 Å². The van der Waals surface area contributed by atoms with E-state index in [0.717, 1.165) is 23.1 Å². The number of nitrogens with one attached hydrogen (secondary N) is 1. The first-order valence-electron chi connectivity index (χ1n) is 7.29. The van der Waals surface area contributed by atoms with Gasteiger partial charge in [0.1, 0.15) is 26.5 Å². The number of pyridine rings is 1. The molecule has 2 N–H and O–H groups in total. The summed E-state index contributed by atoms with van der Waals surface area (Å²) in [6.07, 6.45) is -0.636. The van der Waals surface area contributed by atoms with E-state index in [1.54, 1.807) is 24.1 Å². The molecule has 1 aromatic heterocycles. The zero-order valence-corrected chi connectivity index (χ0v) is 16.2. The Morgan fingerprint density at radius 1 is 1.44 bits per heavy atom. The summed E-state index contributed by atoms with van der Waals surface area (Å²) < 4.78 is 39.3. The zero-order valence-electron chi connectivity index (χ0n) is 13.2. The largest absolute Gasteiger partial charge is 0.505 e. The number of thioether (sulfide) groups is 1. The second-order valence-electron chi connectivity index (χ2n) is 5.57. The van der Waals surface area contributed by atoms with Crippen molar-refractivity contribution in [3.05, 3.63) is 33.4 Å². The molecule has 0 fully saturated rings. The average Bonchev–Trinajstić information content (AvgIpc) is 2.86. The predicted molar refractivity (Wildman–Crippen MR) is 99.0 cm³/mol. The Hall–Kier alpha value is -1.43. The number of aromatic nitrogens is 1. The molecule has 3 rings (SSSR count). The van der Waals surface area contributed by atoms with Crippen LogP contribution in [0.1, 0.15) is 19.5 Å². The van der Waals surface area contributed by atoms with E-state index in [9.17, 15) is 18.3 Å². The number of aliphatic imine (C=N–C) groups is 1. The molecule has 0 amide bonds. The summed E-state index contributed by atoms with van der Waals surface area (Å²) in [7, 11) is 0. The Kier molecular flexibility index (Phi) is 4.69. The number of allylic oxidation sites excluding steroid dienone is 1. The molecule has 0 aliphatic carbocycles. The molecule has 134 valence electrons. The topological polar surface area (TPSA) is 60.8 Å². The maximum absolute atomic E-state index is 13.0. The summed E-state index contributed by atoms with van der Waals surface area (Å²) in [6.45, 7) is 3.60. The first kappa shape index (κ1) is 18.4. The molecular formula is C15H14F3IN4OS. The molecule has 1 atom stereocenters. The number of fused-ring (bicyclic) bond motifs is 1. The molecular weight excluding hydrogens is 468 g/mol. The normalized spacial score (nSPS) is 22.4. The molecule has 0 saturated carbocycles. The molecule has 0 saturated heterocycles. The Balaban J connectivity index is 2.00. The zero-order chi connectivity index (χ0) is 18.4. The number of hydrogen-bond donors (Lipinski definition) is 2. The summed E-state index contributed by atoms with van der Waals surface area (Å²) in [5.74, 6) is 0.839. The van der Waals surface area contributed by atoms with Gasteiger partial charge in [0.15, 0.2) is 0 Å². The van der Waals surface area contributed by atoms with E-state index in [2.05, 4.69) is 15.3 Å². The number of alkyl halides is 3. The van der Waals surface area contributed by atoms with Gasteiger partial charge in [-0.05, 0) is 47.4 Å². The number of hydrogen-bond acceptors (Lipinski definition) is 6. The first-order chi connectivity index (χ1) is 11.6. The summed E-state index contributed by atoms with van der Waals surface area (Å²) >= 11 is 3.41. The van der Waals surface area contributed by atoms with Crippen LogP contribution in [0, 0.1) is 3.70 Å².